The highest BCUT2D eigenvalue weighted by Gasteiger charge is 2.12. The first-order valence-electron chi connectivity index (χ1n) is 8.92. The summed E-state index contributed by atoms with van der Waals surface area (Å²) in [7, 11) is 0. The van der Waals surface area contributed by atoms with Crippen molar-refractivity contribution in [3.05, 3.63) is 102 Å². The number of carbonyl (C=O) groups is 1. The van der Waals surface area contributed by atoms with Crippen molar-refractivity contribution in [2.24, 2.45) is 5.10 Å². The molecule has 0 bridgehead atoms. The molecule has 0 atom stereocenters. The number of phenols is 1. The Morgan fingerprint density at radius 3 is 2.36 bits per heavy atom. The molecule has 0 heterocycles. The zero-order valence-corrected chi connectivity index (χ0v) is 15.0. The summed E-state index contributed by atoms with van der Waals surface area (Å²) in [5, 5.41) is 15.6. The first kappa shape index (κ1) is 17.5. The van der Waals surface area contributed by atoms with E-state index in [9.17, 15) is 9.90 Å². The van der Waals surface area contributed by atoms with Crippen LogP contribution in [0.25, 0.3) is 21.9 Å². The van der Waals surface area contributed by atoms with Crippen LogP contribution in [-0.2, 0) is 0 Å². The van der Waals surface area contributed by atoms with E-state index in [0.29, 0.717) is 11.1 Å². The third-order valence-electron chi connectivity index (χ3n) is 4.52. The fourth-order valence-corrected chi connectivity index (χ4v) is 3.11. The van der Waals surface area contributed by atoms with Crippen LogP contribution >= 0.6 is 0 Å². The summed E-state index contributed by atoms with van der Waals surface area (Å²) in [6.45, 7) is 0. The number of para-hydroxylation sites is 1. The minimum atomic E-state index is -0.305. The molecule has 1 amide bonds. The van der Waals surface area contributed by atoms with Gasteiger partial charge in [0.2, 0.25) is 0 Å². The Balaban J connectivity index is 1.69. The van der Waals surface area contributed by atoms with Crippen molar-refractivity contribution in [3.63, 3.8) is 0 Å². The highest BCUT2D eigenvalue weighted by molar-refractivity contribution is 6.09. The number of nitrogens with one attached hydrogen (secondary N) is 1. The van der Waals surface area contributed by atoms with Crippen LogP contribution in [0.15, 0.2) is 96.1 Å². The lowest BCUT2D eigenvalue weighted by Gasteiger charge is -2.10. The maximum absolute atomic E-state index is 12.8. The number of rotatable bonds is 4. The number of benzene rings is 4. The number of hydrazone groups is 1. The van der Waals surface area contributed by atoms with Gasteiger partial charge in [-0.1, -0.05) is 66.7 Å². The van der Waals surface area contributed by atoms with Crippen LogP contribution in [0.1, 0.15) is 15.9 Å². The van der Waals surface area contributed by atoms with E-state index in [1.165, 1.54) is 6.21 Å². The van der Waals surface area contributed by atoms with Gasteiger partial charge in [0.05, 0.1) is 6.21 Å². The van der Waals surface area contributed by atoms with Gasteiger partial charge in [-0.25, -0.2) is 5.43 Å². The predicted molar refractivity (Wildman–Crippen MR) is 113 cm³/mol. The second kappa shape index (κ2) is 7.76. The molecule has 0 fully saturated rings. The maximum atomic E-state index is 12.8. The number of nitrogens with zero attached hydrogens (tertiary/aromatic N) is 1. The van der Waals surface area contributed by atoms with Crippen LogP contribution in [0.5, 0.6) is 5.75 Å². The van der Waals surface area contributed by atoms with Gasteiger partial charge in [0.25, 0.3) is 5.91 Å². The normalized spacial score (nSPS) is 11.0. The third kappa shape index (κ3) is 3.62. The SMILES string of the molecule is O=C(N/N=C/c1ccccc1O)c1cc(-c2ccccc2)cc2ccccc12. The number of aromatic hydroxyl groups is 1. The number of fused-ring (bicyclic) bond motifs is 1. The molecular weight excluding hydrogens is 348 g/mol. The second-order valence-corrected chi connectivity index (χ2v) is 6.37. The van der Waals surface area contributed by atoms with E-state index in [-0.39, 0.29) is 11.7 Å². The maximum Gasteiger partial charge on any atom is 0.272 e. The van der Waals surface area contributed by atoms with Crippen molar-refractivity contribution in [1.82, 2.24) is 5.43 Å². The summed E-state index contributed by atoms with van der Waals surface area (Å²) >= 11 is 0. The van der Waals surface area contributed by atoms with Gasteiger partial charge in [0.15, 0.2) is 0 Å². The molecular formula is C24H18N2O2. The van der Waals surface area contributed by atoms with Crippen molar-refractivity contribution >= 4 is 22.9 Å². The molecule has 136 valence electrons. The molecule has 0 aromatic heterocycles. The number of hydrogen-bond donors (Lipinski definition) is 2. The molecule has 0 aliphatic heterocycles. The zero-order valence-electron chi connectivity index (χ0n) is 15.0. The summed E-state index contributed by atoms with van der Waals surface area (Å²) in [5.74, 6) is -0.197. The van der Waals surface area contributed by atoms with Gasteiger partial charge < -0.3 is 5.11 Å². The zero-order chi connectivity index (χ0) is 19.3. The lowest BCUT2D eigenvalue weighted by Crippen LogP contribution is -2.18. The summed E-state index contributed by atoms with van der Waals surface area (Å²) in [6.07, 6.45) is 1.43. The first-order valence-corrected chi connectivity index (χ1v) is 8.92. The molecule has 4 aromatic rings. The van der Waals surface area contributed by atoms with Crippen LogP contribution in [0.2, 0.25) is 0 Å². The Bertz CT molecular complexity index is 1170. The smallest absolute Gasteiger partial charge is 0.272 e. The molecule has 0 unspecified atom stereocenters. The van der Waals surface area contributed by atoms with Crippen LogP contribution in [0.3, 0.4) is 0 Å². The van der Waals surface area contributed by atoms with E-state index >= 15 is 0 Å². The molecule has 0 spiro atoms. The molecule has 2 N–H and O–H groups in total. The number of carbonyl (C=O) groups excluding carboxylic acids is 1. The Hall–Kier alpha value is -3.92. The summed E-state index contributed by atoms with van der Waals surface area (Å²) < 4.78 is 0. The minimum absolute atomic E-state index is 0.108. The van der Waals surface area contributed by atoms with Crippen molar-refractivity contribution in [1.29, 1.82) is 0 Å². The molecule has 28 heavy (non-hydrogen) atoms. The van der Waals surface area contributed by atoms with Gasteiger partial charge in [0, 0.05) is 11.1 Å². The Labute approximate surface area is 162 Å². The standard InChI is InChI=1S/C24H18N2O2/c27-23-13-7-5-11-19(23)16-25-26-24(28)22-15-20(17-8-2-1-3-9-17)14-18-10-4-6-12-21(18)22/h1-16,27H,(H,26,28)/b25-16+. The van der Waals surface area contributed by atoms with E-state index in [2.05, 4.69) is 16.6 Å². The van der Waals surface area contributed by atoms with Gasteiger partial charge in [0.1, 0.15) is 5.75 Å². The molecule has 0 saturated carbocycles. The topological polar surface area (TPSA) is 61.7 Å². The molecule has 4 rings (SSSR count). The third-order valence-corrected chi connectivity index (χ3v) is 4.52. The van der Waals surface area contributed by atoms with Gasteiger partial charge >= 0.3 is 0 Å². The fourth-order valence-electron chi connectivity index (χ4n) is 3.11. The molecule has 0 aliphatic carbocycles. The number of phenolic OH excluding ortho intramolecular Hbond substituents is 1. The van der Waals surface area contributed by atoms with Crippen molar-refractivity contribution in [3.8, 4) is 16.9 Å². The molecule has 0 saturated heterocycles. The van der Waals surface area contributed by atoms with E-state index in [4.69, 9.17) is 0 Å². The van der Waals surface area contributed by atoms with Crippen molar-refractivity contribution in [2.75, 3.05) is 0 Å². The van der Waals surface area contributed by atoms with Crippen molar-refractivity contribution < 1.29 is 9.90 Å². The summed E-state index contributed by atoms with van der Waals surface area (Å²) in [6, 6.07) is 28.5. The lowest BCUT2D eigenvalue weighted by atomic mass is 9.96. The Morgan fingerprint density at radius 2 is 1.54 bits per heavy atom. The van der Waals surface area contributed by atoms with E-state index in [1.807, 2.05) is 60.7 Å². The molecule has 0 radical (unpaired) electrons. The van der Waals surface area contributed by atoms with Crippen LogP contribution < -0.4 is 5.43 Å². The second-order valence-electron chi connectivity index (χ2n) is 6.37. The van der Waals surface area contributed by atoms with Crippen LogP contribution in [-0.4, -0.2) is 17.2 Å². The monoisotopic (exact) mass is 366 g/mol. The van der Waals surface area contributed by atoms with Crippen LogP contribution in [0, 0.1) is 0 Å². The average Bonchev–Trinajstić information content (AvgIpc) is 2.75. The summed E-state index contributed by atoms with van der Waals surface area (Å²) in [5.41, 5.74) is 5.65. The first-order chi connectivity index (χ1) is 13.7. The Morgan fingerprint density at radius 1 is 0.821 bits per heavy atom. The van der Waals surface area contributed by atoms with Gasteiger partial charge in [-0.15, -0.1) is 0 Å². The fraction of sp³-hybridized carbons (Fsp3) is 0. The summed E-state index contributed by atoms with van der Waals surface area (Å²) in [4.78, 5) is 12.8. The largest absolute Gasteiger partial charge is 0.507 e. The average molecular weight is 366 g/mol. The van der Waals surface area contributed by atoms with E-state index in [0.717, 1.165) is 21.9 Å². The predicted octanol–water partition coefficient (Wildman–Crippen LogP) is 4.98. The molecule has 4 nitrogen and oxygen atoms in total. The molecule has 4 heteroatoms. The molecule has 0 aliphatic rings. The Kier molecular flexibility index (Phi) is 4.85. The highest BCUT2D eigenvalue weighted by Crippen LogP contribution is 2.28. The van der Waals surface area contributed by atoms with E-state index in [1.54, 1.807) is 24.3 Å². The van der Waals surface area contributed by atoms with Gasteiger partial charge in [-0.2, -0.15) is 5.10 Å². The van der Waals surface area contributed by atoms with Gasteiger partial charge in [-0.05, 0) is 46.2 Å². The van der Waals surface area contributed by atoms with Crippen LogP contribution in [0.4, 0.5) is 0 Å². The minimum Gasteiger partial charge on any atom is -0.507 e. The van der Waals surface area contributed by atoms with E-state index < -0.39 is 0 Å². The number of hydrogen-bond acceptors (Lipinski definition) is 3. The molecule has 4 aromatic carbocycles. The van der Waals surface area contributed by atoms with Gasteiger partial charge in [-0.3, -0.25) is 4.79 Å². The quantitative estimate of drug-likeness (QED) is 0.395. The lowest BCUT2D eigenvalue weighted by molar-refractivity contribution is 0.0957. The number of amides is 1. The highest BCUT2D eigenvalue weighted by atomic mass is 16.3. The van der Waals surface area contributed by atoms with Crippen molar-refractivity contribution in [2.45, 2.75) is 0 Å².